The lowest BCUT2D eigenvalue weighted by molar-refractivity contribution is 0.866. The molecule has 0 fully saturated rings. The Morgan fingerprint density at radius 3 is 2.47 bits per heavy atom. The normalized spacial score (nSPS) is 13.1. The molecule has 0 radical (unpaired) electrons. The lowest BCUT2D eigenvalue weighted by Gasteiger charge is -2.27. The summed E-state index contributed by atoms with van der Waals surface area (Å²) in [5.41, 5.74) is 7.88. The van der Waals surface area contributed by atoms with Crippen molar-refractivity contribution in [3.63, 3.8) is 0 Å². The van der Waals surface area contributed by atoms with Gasteiger partial charge in [0.2, 0.25) is 0 Å². The molecule has 0 bridgehead atoms. The molecule has 1 unspecified atom stereocenters. The Bertz CT molecular complexity index is 407. The van der Waals surface area contributed by atoms with E-state index in [0.717, 1.165) is 21.3 Å². The van der Waals surface area contributed by atoms with Gasteiger partial charge >= 0.3 is 0 Å². The van der Waals surface area contributed by atoms with Crippen LogP contribution in [0.3, 0.4) is 0 Å². The predicted molar refractivity (Wildman–Crippen MR) is 74.7 cm³/mol. The van der Waals surface area contributed by atoms with E-state index in [1.54, 1.807) is 11.8 Å². The Morgan fingerprint density at radius 2 is 2.00 bits per heavy atom. The Kier molecular flexibility index (Phi) is 4.70. The Morgan fingerprint density at radius 1 is 1.40 bits per heavy atom. The largest absolute Gasteiger partial charge is 0.372 e. The van der Waals surface area contributed by atoms with Crippen molar-refractivity contribution in [3.05, 3.63) is 14.6 Å². The van der Waals surface area contributed by atoms with Gasteiger partial charge in [0.25, 0.3) is 0 Å². The Labute approximate surface area is 106 Å². The third-order valence-corrected chi connectivity index (χ3v) is 4.42. The highest BCUT2D eigenvalue weighted by atomic mass is 32.2. The molecule has 0 aliphatic carbocycles. The molecular weight excluding hydrogens is 244 g/mol. The summed E-state index contributed by atoms with van der Waals surface area (Å²) in [6, 6.07) is 0. The molecule has 0 saturated carbocycles. The second-order valence-electron chi connectivity index (χ2n) is 3.51. The summed E-state index contributed by atoms with van der Waals surface area (Å²) < 4.78 is 1.70. The van der Waals surface area contributed by atoms with E-state index in [2.05, 4.69) is 18.1 Å². The zero-order valence-electron chi connectivity index (χ0n) is 9.24. The van der Waals surface area contributed by atoms with E-state index < -0.39 is 0 Å². The molecular formula is C10H16N2S3. The molecule has 1 rings (SSSR count). The molecule has 0 amide bonds. The quantitative estimate of drug-likeness (QED) is 0.822. The maximum absolute atomic E-state index is 5.53. The average molecular weight is 260 g/mol. The molecule has 2 nitrogen and oxygen atoms in total. The lowest BCUT2D eigenvalue weighted by atomic mass is 10.0. The van der Waals surface area contributed by atoms with Gasteiger partial charge in [-0.15, -0.1) is 0 Å². The van der Waals surface area contributed by atoms with Crippen molar-refractivity contribution in [2.75, 3.05) is 31.3 Å². The van der Waals surface area contributed by atoms with Crippen LogP contribution in [0.15, 0.2) is 0 Å². The van der Waals surface area contributed by atoms with Crippen LogP contribution in [0.25, 0.3) is 0 Å². The van der Waals surface area contributed by atoms with Crippen molar-refractivity contribution in [3.8, 4) is 0 Å². The van der Waals surface area contributed by atoms with Gasteiger partial charge in [-0.2, -0.15) is 11.8 Å². The van der Waals surface area contributed by atoms with Gasteiger partial charge in [0.15, 0.2) is 0 Å². The topological polar surface area (TPSA) is 29.3 Å². The Hall–Kier alpha value is 0.0300. The van der Waals surface area contributed by atoms with Crippen LogP contribution in [-0.2, 0) is 0 Å². The monoisotopic (exact) mass is 260 g/mol. The highest BCUT2D eigenvalue weighted by Crippen LogP contribution is 2.39. The molecule has 15 heavy (non-hydrogen) atoms. The van der Waals surface area contributed by atoms with Crippen molar-refractivity contribution in [1.29, 1.82) is 0 Å². The second kappa shape index (κ2) is 5.39. The van der Waals surface area contributed by atoms with E-state index in [4.69, 9.17) is 30.2 Å². The minimum atomic E-state index is 0.416. The number of likely N-dealkylation sites (N-methyl/N-ethyl adjacent to an activating group) is 1. The van der Waals surface area contributed by atoms with Gasteiger partial charge in [0.05, 0.1) is 14.7 Å². The van der Waals surface area contributed by atoms with Crippen molar-refractivity contribution < 1.29 is 0 Å². The van der Waals surface area contributed by atoms with Crippen molar-refractivity contribution in [2.45, 2.75) is 12.2 Å². The number of nitrogens with two attached hydrogens (primary N) is 1. The van der Waals surface area contributed by atoms with Crippen LogP contribution in [-0.4, -0.2) is 26.4 Å². The highest BCUT2D eigenvalue weighted by molar-refractivity contribution is 7.98. The Balaban J connectivity index is 3.04. The maximum Gasteiger partial charge on any atom is 0.0798 e. The number of nitrogens with zero attached hydrogens (tertiary/aromatic N) is 1. The molecule has 84 valence electrons. The molecule has 5 heteroatoms. The molecule has 0 heterocycles. The van der Waals surface area contributed by atoms with Gasteiger partial charge in [-0.1, -0.05) is 24.4 Å². The van der Waals surface area contributed by atoms with Crippen LogP contribution in [0.5, 0.6) is 0 Å². The number of hydrogen-bond donors (Lipinski definition) is 1. The van der Waals surface area contributed by atoms with E-state index in [1.807, 2.05) is 7.05 Å². The minimum absolute atomic E-state index is 0.416. The zero-order chi connectivity index (χ0) is 11.6. The summed E-state index contributed by atoms with van der Waals surface area (Å²) in [5, 5.41) is 0.416. The van der Waals surface area contributed by atoms with Crippen LogP contribution in [0.2, 0.25) is 0 Å². The standard InChI is InChI=1S/C10H16N2S3/c1-6(15-3)7-8(10(14)9(7)13)12(2)5-4-11/h6H,4-5,11H2,1-3H3. The fraction of sp³-hybridized carbons (Fsp3) is 0.600. The van der Waals surface area contributed by atoms with E-state index in [0.29, 0.717) is 11.8 Å². The van der Waals surface area contributed by atoms with Gasteiger partial charge in [-0.3, -0.25) is 0 Å². The lowest BCUT2D eigenvalue weighted by Crippen LogP contribution is -2.27. The zero-order valence-corrected chi connectivity index (χ0v) is 11.7. The number of anilines is 1. The number of rotatable bonds is 5. The molecule has 0 aliphatic heterocycles. The van der Waals surface area contributed by atoms with Crippen LogP contribution in [0.1, 0.15) is 17.7 Å². The molecule has 1 aromatic carbocycles. The highest BCUT2D eigenvalue weighted by Gasteiger charge is 2.21. The van der Waals surface area contributed by atoms with E-state index in [-0.39, 0.29) is 0 Å². The third-order valence-electron chi connectivity index (χ3n) is 2.53. The van der Waals surface area contributed by atoms with Crippen LogP contribution in [0, 0.1) is 9.02 Å². The maximum atomic E-state index is 5.53. The summed E-state index contributed by atoms with van der Waals surface area (Å²) in [6.45, 7) is 3.61. The minimum Gasteiger partial charge on any atom is -0.372 e. The van der Waals surface area contributed by atoms with Gasteiger partial charge in [0.1, 0.15) is 0 Å². The molecule has 0 saturated heterocycles. The fourth-order valence-corrected chi connectivity index (χ4v) is 2.86. The van der Waals surface area contributed by atoms with E-state index in [1.165, 1.54) is 5.56 Å². The third kappa shape index (κ3) is 2.41. The molecule has 0 aromatic heterocycles. The van der Waals surface area contributed by atoms with Gasteiger partial charge in [-0.05, 0) is 13.2 Å². The summed E-state index contributed by atoms with van der Waals surface area (Å²) in [4.78, 5) is 2.11. The predicted octanol–water partition coefficient (Wildman–Crippen LogP) is 2.84. The fourth-order valence-electron chi connectivity index (χ4n) is 1.58. The van der Waals surface area contributed by atoms with Crippen LogP contribution >= 0.6 is 36.2 Å². The van der Waals surface area contributed by atoms with Gasteiger partial charge in [-0.25, -0.2) is 0 Å². The summed E-state index contributed by atoms with van der Waals surface area (Å²) >= 11 is 12.3. The molecule has 0 aliphatic rings. The first-order valence-corrected chi connectivity index (χ1v) is 6.92. The SMILES string of the molecule is CSC(C)c1c(N(C)CCN)c(=S)c1=S. The average Bonchev–Trinajstić information content (AvgIpc) is 2.23. The van der Waals surface area contributed by atoms with Gasteiger partial charge < -0.3 is 10.6 Å². The van der Waals surface area contributed by atoms with E-state index >= 15 is 0 Å². The first kappa shape index (κ1) is 13.1. The van der Waals surface area contributed by atoms with Crippen LogP contribution in [0.4, 0.5) is 5.69 Å². The summed E-state index contributed by atoms with van der Waals surface area (Å²) in [5.74, 6) is 0. The first-order chi connectivity index (χ1) is 7.04. The molecule has 0 spiro atoms. The molecule has 1 aromatic rings. The molecule has 2 N–H and O–H groups in total. The van der Waals surface area contributed by atoms with Crippen molar-refractivity contribution >= 4 is 41.9 Å². The molecule has 1 atom stereocenters. The second-order valence-corrected chi connectivity index (χ2v) is 5.50. The van der Waals surface area contributed by atoms with Gasteiger partial charge in [0, 0.05) is 31.0 Å². The van der Waals surface area contributed by atoms with Crippen molar-refractivity contribution in [1.82, 2.24) is 0 Å². The van der Waals surface area contributed by atoms with Crippen LogP contribution < -0.4 is 10.6 Å². The summed E-state index contributed by atoms with van der Waals surface area (Å²) in [6.07, 6.45) is 2.09. The van der Waals surface area contributed by atoms with E-state index in [9.17, 15) is 0 Å². The first-order valence-electron chi connectivity index (χ1n) is 4.81. The number of thioether (sulfide) groups is 1. The van der Waals surface area contributed by atoms with Crippen molar-refractivity contribution in [2.24, 2.45) is 5.73 Å². The smallest absolute Gasteiger partial charge is 0.0798 e. The number of hydrogen-bond acceptors (Lipinski definition) is 5. The summed E-state index contributed by atoms with van der Waals surface area (Å²) in [7, 11) is 2.02.